The number of nitrogens with one attached hydrogen (secondary N) is 1. The Morgan fingerprint density at radius 1 is 0.970 bits per heavy atom. The van der Waals surface area contributed by atoms with Crippen LogP contribution >= 0.6 is 23.2 Å². The Bertz CT molecular complexity index is 1160. The maximum atomic E-state index is 14.3. The summed E-state index contributed by atoms with van der Waals surface area (Å²) in [4.78, 5) is 17.4. The van der Waals surface area contributed by atoms with E-state index >= 15 is 0 Å². The number of benzene rings is 3. The monoisotopic (exact) mass is 483 g/mol. The molecule has 3 aromatic rings. The zero-order valence-electron chi connectivity index (χ0n) is 18.0. The van der Waals surface area contributed by atoms with Crippen LogP contribution in [-0.4, -0.2) is 30.6 Å². The van der Waals surface area contributed by atoms with Crippen molar-refractivity contribution in [2.75, 3.05) is 29.9 Å². The summed E-state index contributed by atoms with van der Waals surface area (Å²) < 4.78 is 14.3. The van der Waals surface area contributed by atoms with E-state index in [1.165, 1.54) is 11.6 Å². The first kappa shape index (κ1) is 22.2. The van der Waals surface area contributed by atoms with Crippen LogP contribution in [0.5, 0.6) is 0 Å². The van der Waals surface area contributed by atoms with Crippen molar-refractivity contribution in [2.24, 2.45) is 0 Å². The SMILES string of the molecule is O=C(Nc1c(Cl)cccc1Cl)N1CC2(CCN(Cc3ccccc3)CC2)c2cc(F)ccc21. The molecular weight excluding hydrogens is 460 g/mol. The zero-order valence-corrected chi connectivity index (χ0v) is 19.5. The number of fused-ring (bicyclic) bond motifs is 2. The summed E-state index contributed by atoms with van der Waals surface area (Å²) in [6.45, 7) is 3.16. The number of anilines is 2. The number of para-hydroxylation sites is 1. The average Bonchev–Trinajstić information content (AvgIpc) is 3.12. The van der Waals surface area contributed by atoms with E-state index in [9.17, 15) is 9.18 Å². The topological polar surface area (TPSA) is 35.6 Å². The highest BCUT2D eigenvalue weighted by Gasteiger charge is 2.46. The highest BCUT2D eigenvalue weighted by Crippen LogP contribution is 2.47. The molecule has 1 N–H and O–H groups in total. The Morgan fingerprint density at radius 3 is 2.36 bits per heavy atom. The van der Waals surface area contributed by atoms with E-state index in [4.69, 9.17) is 23.2 Å². The number of carbonyl (C=O) groups is 1. The molecule has 33 heavy (non-hydrogen) atoms. The predicted molar refractivity (Wildman–Crippen MR) is 132 cm³/mol. The first-order chi connectivity index (χ1) is 15.9. The summed E-state index contributed by atoms with van der Waals surface area (Å²) in [5, 5.41) is 3.61. The van der Waals surface area contributed by atoms with Gasteiger partial charge < -0.3 is 5.32 Å². The molecule has 1 fully saturated rings. The van der Waals surface area contributed by atoms with Crippen molar-refractivity contribution in [3.63, 3.8) is 0 Å². The van der Waals surface area contributed by atoms with Gasteiger partial charge in [0.2, 0.25) is 0 Å². The van der Waals surface area contributed by atoms with Crippen LogP contribution in [0.25, 0.3) is 0 Å². The third-order valence-corrected chi connectivity index (χ3v) is 7.41. The highest BCUT2D eigenvalue weighted by atomic mass is 35.5. The molecule has 1 spiro atoms. The number of amides is 2. The number of hydrogen-bond donors (Lipinski definition) is 1. The lowest BCUT2D eigenvalue weighted by molar-refractivity contribution is 0.160. The Labute approximate surface area is 202 Å². The molecule has 2 heterocycles. The summed E-state index contributed by atoms with van der Waals surface area (Å²) >= 11 is 12.5. The summed E-state index contributed by atoms with van der Waals surface area (Å²) in [5.74, 6) is -0.281. The predicted octanol–water partition coefficient (Wildman–Crippen LogP) is 6.72. The van der Waals surface area contributed by atoms with Gasteiger partial charge in [0.25, 0.3) is 0 Å². The molecule has 0 saturated carbocycles. The van der Waals surface area contributed by atoms with E-state index in [2.05, 4.69) is 34.5 Å². The molecule has 2 aliphatic heterocycles. The molecule has 2 aliphatic rings. The fourth-order valence-corrected chi connectivity index (χ4v) is 5.51. The van der Waals surface area contributed by atoms with Crippen molar-refractivity contribution in [3.05, 3.63) is 93.7 Å². The second-order valence-electron chi connectivity index (χ2n) is 8.82. The standard InChI is InChI=1S/C26H24Cl2FN3O/c27-21-7-4-8-22(28)24(21)30-25(33)32-17-26(20-15-19(29)9-10-23(20)32)11-13-31(14-12-26)16-18-5-2-1-3-6-18/h1-10,15H,11-14,16-17H2,(H,30,33). The Hall–Kier alpha value is -2.60. The lowest BCUT2D eigenvalue weighted by Gasteiger charge is -2.40. The van der Waals surface area contributed by atoms with E-state index < -0.39 is 0 Å². The van der Waals surface area contributed by atoms with Crippen LogP contribution < -0.4 is 10.2 Å². The second kappa shape index (κ2) is 8.98. The van der Waals surface area contributed by atoms with Gasteiger partial charge in [-0.2, -0.15) is 0 Å². The molecule has 0 unspecified atom stereocenters. The normalized spacial score (nSPS) is 17.2. The van der Waals surface area contributed by atoms with Gasteiger partial charge in [-0.15, -0.1) is 0 Å². The molecule has 0 bridgehead atoms. The van der Waals surface area contributed by atoms with Crippen LogP contribution in [0.1, 0.15) is 24.0 Å². The third kappa shape index (κ3) is 4.33. The number of piperidine rings is 1. The maximum Gasteiger partial charge on any atom is 0.326 e. The smallest absolute Gasteiger partial charge is 0.305 e. The minimum Gasteiger partial charge on any atom is -0.305 e. The highest BCUT2D eigenvalue weighted by molar-refractivity contribution is 6.39. The average molecular weight is 484 g/mol. The van der Waals surface area contributed by atoms with Gasteiger partial charge in [-0.3, -0.25) is 9.80 Å². The molecule has 2 amide bonds. The zero-order chi connectivity index (χ0) is 23.0. The molecule has 5 rings (SSSR count). The van der Waals surface area contributed by atoms with Crippen LogP contribution in [0.4, 0.5) is 20.6 Å². The van der Waals surface area contributed by atoms with E-state index in [1.54, 1.807) is 35.2 Å². The minimum absolute atomic E-state index is 0.272. The van der Waals surface area contributed by atoms with Crippen molar-refractivity contribution in [1.82, 2.24) is 4.90 Å². The number of likely N-dealkylation sites (tertiary alicyclic amines) is 1. The molecule has 7 heteroatoms. The first-order valence-electron chi connectivity index (χ1n) is 11.0. The van der Waals surface area contributed by atoms with E-state index in [-0.39, 0.29) is 17.3 Å². The summed E-state index contributed by atoms with van der Waals surface area (Å²) in [6.07, 6.45) is 1.71. The fourth-order valence-electron chi connectivity index (χ4n) is 5.02. The van der Waals surface area contributed by atoms with Crippen molar-refractivity contribution in [1.29, 1.82) is 0 Å². The first-order valence-corrected chi connectivity index (χ1v) is 11.8. The molecule has 0 aromatic heterocycles. The minimum atomic E-state index is -0.318. The van der Waals surface area contributed by atoms with Gasteiger partial charge in [0.15, 0.2) is 0 Å². The van der Waals surface area contributed by atoms with Gasteiger partial charge in [-0.1, -0.05) is 59.6 Å². The number of urea groups is 1. The molecule has 0 radical (unpaired) electrons. The maximum absolute atomic E-state index is 14.3. The van der Waals surface area contributed by atoms with Gasteiger partial charge >= 0.3 is 6.03 Å². The molecule has 3 aromatic carbocycles. The van der Waals surface area contributed by atoms with Crippen LogP contribution in [-0.2, 0) is 12.0 Å². The number of nitrogens with zero attached hydrogens (tertiary/aromatic N) is 2. The van der Waals surface area contributed by atoms with E-state index in [0.29, 0.717) is 22.3 Å². The Morgan fingerprint density at radius 2 is 1.67 bits per heavy atom. The Balaban J connectivity index is 1.37. The number of rotatable bonds is 3. The second-order valence-corrected chi connectivity index (χ2v) is 9.63. The number of carbonyl (C=O) groups excluding carboxylic acids is 1. The molecule has 4 nitrogen and oxygen atoms in total. The van der Waals surface area contributed by atoms with Gasteiger partial charge in [0.05, 0.1) is 15.7 Å². The van der Waals surface area contributed by atoms with Crippen LogP contribution in [0.3, 0.4) is 0 Å². The lowest BCUT2D eigenvalue weighted by Crippen LogP contribution is -2.46. The van der Waals surface area contributed by atoms with Crippen LogP contribution in [0.2, 0.25) is 10.0 Å². The number of hydrogen-bond acceptors (Lipinski definition) is 2. The van der Waals surface area contributed by atoms with Crippen LogP contribution in [0, 0.1) is 5.82 Å². The molecule has 1 saturated heterocycles. The number of halogens is 3. The van der Waals surface area contributed by atoms with Crippen molar-refractivity contribution < 1.29 is 9.18 Å². The lowest BCUT2D eigenvalue weighted by atomic mass is 9.74. The molecule has 0 aliphatic carbocycles. The molecule has 170 valence electrons. The summed E-state index contributed by atoms with van der Waals surface area (Å²) in [7, 11) is 0. The fraction of sp³-hybridized carbons (Fsp3) is 0.269. The van der Waals surface area contributed by atoms with E-state index in [0.717, 1.165) is 43.7 Å². The van der Waals surface area contributed by atoms with Gasteiger partial charge in [-0.25, -0.2) is 9.18 Å². The van der Waals surface area contributed by atoms with E-state index in [1.807, 2.05) is 6.07 Å². The quantitative estimate of drug-likeness (QED) is 0.448. The molecule has 0 atom stereocenters. The largest absolute Gasteiger partial charge is 0.326 e. The Kier molecular flexibility index (Phi) is 6.04. The van der Waals surface area contributed by atoms with Gasteiger partial charge in [-0.05, 0) is 67.4 Å². The third-order valence-electron chi connectivity index (χ3n) is 6.78. The van der Waals surface area contributed by atoms with Crippen molar-refractivity contribution >= 4 is 40.6 Å². The van der Waals surface area contributed by atoms with Gasteiger partial charge in [0, 0.05) is 24.2 Å². The van der Waals surface area contributed by atoms with Crippen molar-refractivity contribution in [3.8, 4) is 0 Å². The van der Waals surface area contributed by atoms with Crippen LogP contribution in [0.15, 0.2) is 66.7 Å². The molecular formula is C26H24Cl2FN3O. The summed E-state index contributed by atoms with van der Waals surface area (Å²) in [6, 6.07) is 19.9. The van der Waals surface area contributed by atoms with Gasteiger partial charge in [0.1, 0.15) is 5.82 Å². The van der Waals surface area contributed by atoms with Crippen molar-refractivity contribution in [2.45, 2.75) is 24.8 Å². The summed E-state index contributed by atoms with van der Waals surface area (Å²) in [5.41, 5.74) is 3.04.